The van der Waals surface area contributed by atoms with Crippen molar-refractivity contribution in [2.45, 2.75) is 44.9 Å². The molecule has 0 atom stereocenters. The van der Waals surface area contributed by atoms with Gasteiger partial charge in [0, 0.05) is 13.1 Å². The first-order valence-corrected chi connectivity index (χ1v) is 8.44. The molecule has 0 aromatic carbocycles. The molecule has 2 fully saturated rings. The Labute approximate surface area is 123 Å². The van der Waals surface area contributed by atoms with Crippen LogP contribution in [-0.4, -0.2) is 62.0 Å². The van der Waals surface area contributed by atoms with E-state index < -0.39 is 0 Å². The lowest BCUT2D eigenvalue weighted by Gasteiger charge is -2.33. The Morgan fingerprint density at radius 1 is 1.00 bits per heavy atom. The van der Waals surface area contributed by atoms with E-state index in [-0.39, 0.29) is 0 Å². The second kappa shape index (κ2) is 8.63. The van der Waals surface area contributed by atoms with Crippen molar-refractivity contribution in [2.24, 2.45) is 5.92 Å². The normalized spacial score (nSPS) is 23.4. The molecule has 1 amide bonds. The highest BCUT2D eigenvalue weighted by Gasteiger charge is 2.22. The predicted molar refractivity (Wildman–Crippen MR) is 82.8 cm³/mol. The maximum Gasteiger partial charge on any atom is 0.236 e. The topological polar surface area (TPSA) is 35.6 Å². The number of rotatable bonds is 4. The van der Waals surface area contributed by atoms with E-state index in [0.29, 0.717) is 12.5 Å². The van der Waals surface area contributed by atoms with Crippen LogP contribution in [0.5, 0.6) is 0 Å². The van der Waals surface area contributed by atoms with E-state index in [9.17, 15) is 4.79 Å². The zero-order chi connectivity index (χ0) is 14.2. The average molecular weight is 281 g/mol. The van der Waals surface area contributed by atoms with E-state index in [1.54, 1.807) is 0 Å². The van der Waals surface area contributed by atoms with Crippen molar-refractivity contribution < 1.29 is 4.79 Å². The monoisotopic (exact) mass is 281 g/mol. The van der Waals surface area contributed by atoms with Crippen LogP contribution in [0.2, 0.25) is 0 Å². The molecule has 4 nitrogen and oxygen atoms in total. The largest absolute Gasteiger partial charge is 0.342 e. The van der Waals surface area contributed by atoms with Gasteiger partial charge in [0.05, 0.1) is 6.54 Å². The molecule has 0 spiro atoms. The molecule has 2 rings (SSSR count). The lowest BCUT2D eigenvalue weighted by atomic mass is 9.97. The number of likely N-dealkylation sites (tertiary alicyclic amines) is 2. The van der Waals surface area contributed by atoms with E-state index in [0.717, 1.165) is 38.6 Å². The Morgan fingerprint density at radius 2 is 1.60 bits per heavy atom. The number of piperidine rings is 1. The van der Waals surface area contributed by atoms with E-state index in [1.807, 2.05) is 7.05 Å². The van der Waals surface area contributed by atoms with Crippen LogP contribution < -0.4 is 5.32 Å². The summed E-state index contributed by atoms with van der Waals surface area (Å²) in [6.07, 6.45) is 8.77. The van der Waals surface area contributed by atoms with Crippen molar-refractivity contribution in [3.63, 3.8) is 0 Å². The third kappa shape index (κ3) is 5.06. The van der Waals surface area contributed by atoms with Crippen LogP contribution in [0.4, 0.5) is 0 Å². The van der Waals surface area contributed by atoms with Crippen molar-refractivity contribution in [1.82, 2.24) is 15.1 Å². The Bertz CT molecular complexity index is 279. The van der Waals surface area contributed by atoms with Crippen LogP contribution in [0.25, 0.3) is 0 Å². The fourth-order valence-corrected chi connectivity index (χ4v) is 3.43. The summed E-state index contributed by atoms with van der Waals surface area (Å²) in [4.78, 5) is 16.9. The molecule has 4 heteroatoms. The molecule has 20 heavy (non-hydrogen) atoms. The lowest BCUT2D eigenvalue weighted by Crippen LogP contribution is -2.45. The van der Waals surface area contributed by atoms with Gasteiger partial charge in [-0.2, -0.15) is 0 Å². The van der Waals surface area contributed by atoms with E-state index in [4.69, 9.17) is 0 Å². The summed E-state index contributed by atoms with van der Waals surface area (Å²) in [7, 11) is 2.03. The Balaban J connectivity index is 1.71. The number of amides is 1. The van der Waals surface area contributed by atoms with E-state index in [1.165, 1.54) is 44.9 Å². The Morgan fingerprint density at radius 3 is 2.20 bits per heavy atom. The SMILES string of the molecule is CNCC1CCN(CC(=O)N2CCCCCCC2)CC1. The van der Waals surface area contributed by atoms with Gasteiger partial charge >= 0.3 is 0 Å². The van der Waals surface area contributed by atoms with Gasteiger partial charge in [0.1, 0.15) is 0 Å². The van der Waals surface area contributed by atoms with Crippen molar-refractivity contribution in [3.8, 4) is 0 Å². The fourth-order valence-electron chi connectivity index (χ4n) is 3.43. The first-order valence-electron chi connectivity index (χ1n) is 8.44. The molecule has 0 bridgehead atoms. The molecule has 2 aliphatic heterocycles. The highest BCUT2D eigenvalue weighted by atomic mass is 16.2. The minimum absolute atomic E-state index is 0.360. The third-order valence-electron chi connectivity index (χ3n) is 4.77. The van der Waals surface area contributed by atoms with Gasteiger partial charge in [-0.3, -0.25) is 9.69 Å². The summed E-state index contributed by atoms with van der Waals surface area (Å²) < 4.78 is 0. The van der Waals surface area contributed by atoms with Crippen molar-refractivity contribution in [2.75, 3.05) is 46.3 Å². The minimum atomic E-state index is 0.360. The highest BCUT2D eigenvalue weighted by molar-refractivity contribution is 5.78. The zero-order valence-corrected chi connectivity index (χ0v) is 13.1. The predicted octanol–water partition coefficient (Wildman–Crippen LogP) is 1.71. The molecular formula is C16H31N3O. The van der Waals surface area contributed by atoms with Crippen LogP contribution in [0.15, 0.2) is 0 Å². The standard InChI is InChI=1S/C16H31N3O/c1-17-13-15-7-11-18(12-8-15)14-16(20)19-9-5-3-2-4-6-10-19/h15,17H,2-14H2,1H3. The molecule has 0 radical (unpaired) electrons. The van der Waals surface area contributed by atoms with Gasteiger partial charge in [-0.1, -0.05) is 19.3 Å². The molecule has 2 saturated heterocycles. The number of carbonyl (C=O) groups excluding carboxylic acids is 1. The summed E-state index contributed by atoms with van der Waals surface area (Å²) in [6, 6.07) is 0. The summed E-state index contributed by atoms with van der Waals surface area (Å²) in [6.45, 7) is 5.90. The molecule has 2 heterocycles. The summed E-state index contributed by atoms with van der Waals surface area (Å²) in [5.41, 5.74) is 0. The van der Waals surface area contributed by atoms with E-state index in [2.05, 4.69) is 15.1 Å². The molecule has 2 aliphatic rings. The van der Waals surface area contributed by atoms with Crippen LogP contribution in [0.3, 0.4) is 0 Å². The first-order chi connectivity index (χ1) is 9.79. The van der Waals surface area contributed by atoms with Gasteiger partial charge < -0.3 is 10.2 Å². The third-order valence-corrected chi connectivity index (χ3v) is 4.77. The molecule has 0 saturated carbocycles. The summed E-state index contributed by atoms with van der Waals surface area (Å²) in [5.74, 6) is 1.16. The van der Waals surface area contributed by atoms with Gasteiger partial charge in [0.15, 0.2) is 0 Å². The fraction of sp³-hybridized carbons (Fsp3) is 0.938. The average Bonchev–Trinajstić information content (AvgIpc) is 2.41. The van der Waals surface area contributed by atoms with Gasteiger partial charge in [-0.15, -0.1) is 0 Å². The summed E-state index contributed by atoms with van der Waals surface area (Å²) >= 11 is 0. The Hall–Kier alpha value is -0.610. The van der Waals surface area contributed by atoms with Crippen molar-refractivity contribution in [3.05, 3.63) is 0 Å². The maximum atomic E-state index is 12.4. The van der Waals surface area contributed by atoms with E-state index >= 15 is 0 Å². The number of hydrogen-bond acceptors (Lipinski definition) is 3. The zero-order valence-electron chi connectivity index (χ0n) is 13.1. The molecule has 1 N–H and O–H groups in total. The van der Waals surface area contributed by atoms with Gasteiger partial charge in [0.2, 0.25) is 5.91 Å². The highest BCUT2D eigenvalue weighted by Crippen LogP contribution is 2.17. The molecule has 116 valence electrons. The molecule has 0 aliphatic carbocycles. The second-order valence-corrected chi connectivity index (χ2v) is 6.43. The van der Waals surface area contributed by atoms with Crippen LogP contribution in [-0.2, 0) is 4.79 Å². The van der Waals surface area contributed by atoms with Crippen LogP contribution >= 0.6 is 0 Å². The first kappa shape index (κ1) is 15.8. The molecule has 0 unspecified atom stereocenters. The van der Waals surface area contributed by atoms with Gasteiger partial charge in [-0.05, 0) is 58.3 Å². The molecular weight excluding hydrogens is 250 g/mol. The maximum absolute atomic E-state index is 12.4. The molecule has 0 aromatic heterocycles. The van der Waals surface area contributed by atoms with Crippen molar-refractivity contribution in [1.29, 1.82) is 0 Å². The van der Waals surface area contributed by atoms with Gasteiger partial charge in [0.25, 0.3) is 0 Å². The lowest BCUT2D eigenvalue weighted by molar-refractivity contribution is -0.133. The second-order valence-electron chi connectivity index (χ2n) is 6.43. The Kier molecular flexibility index (Phi) is 6.80. The molecule has 0 aromatic rings. The van der Waals surface area contributed by atoms with Crippen LogP contribution in [0, 0.1) is 5.92 Å². The number of nitrogens with one attached hydrogen (secondary N) is 1. The number of nitrogens with zero attached hydrogens (tertiary/aromatic N) is 2. The van der Waals surface area contributed by atoms with Crippen molar-refractivity contribution >= 4 is 5.91 Å². The summed E-state index contributed by atoms with van der Waals surface area (Å²) in [5, 5.41) is 3.26. The minimum Gasteiger partial charge on any atom is -0.342 e. The van der Waals surface area contributed by atoms with Gasteiger partial charge in [-0.25, -0.2) is 0 Å². The smallest absolute Gasteiger partial charge is 0.236 e. The number of carbonyl (C=O) groups is 1. The quantitative estimate of drug-likeness (QED) is 0.852. The van der Waals surface area contributed by atoms with Crippen LogP contribution in [0.1, 0.15) is 44.9 Å². The number of hydrogen-bond donors (Lipinski definition) is 1.